The Bertz CT molecular complexity index is 1470. The lowest BCUT2D eigenvalue weighted by Crippen LogP contribution is -2.69. The van der Waals surface area contributed by atoms with Crippen LogP contribution in [0.15, 0.2) is 42.5 Å². The van der Waals surface area contributed by atoms with Crippen LogP contribution in [0.1, 0.15) is 54.4 Å². The predicted octanol–water partition coefficient (Wildman–Crippen LogP) is 4.59. The van der Waals surface area contributed by atoms with Gasteiger partial charge in [0, 0.05) is 36.7 Å². The number of carbonyl (C=O) groups is 2. The molecule has 5 atom stereocenters. The smallest absolute Gasteiger partial charge is 0.416 e. The Morgan fingerprint density at radius 1 is 1.14 bits per heavy atom. The number of esters is 1. The van der Waals surface area contributed by atoms with Gasteiger partial charge in [-0.1, -0.05) is 18.2 Å². The van der Waals surface area contributed by atoms with Gasteiger partial charge in [0.1, 0.15) is 12.7 Å². The molecule has 2 aromatic carbocycles. The zero-order chi connectivity index (χ0) is 30.1. The van der Waals surface area contributed by atoms with Crippen LogP contribution in [0.2, 0.25) is 0 Å². The molecule has 2 heterocycles. The van der Waals surface area contributed by atoms with Crippen molar-refractivity contribution in [2.24, 2.45) is 11.8 Å². The second kappa shape index (κ2) is 10.4. The number of halogens is 3. The van der Waals surface area contributed by atoms with Crippen molar-refractivity contribution in [2.75, 3.05) is 26.7 Å². The summed E-state index contributed by atoms with van der Waals surface area (Å²) in [7, 11) is 1.75. The summed E-state index contributed by atoms with van der Waals surface area (Å²) in [6.45, 7) is 1.32. The summed E-state index contributed by atoms with van der Waals surface area (Å²) < 4.78 is 51.1. The van der Waals surface area contributed by atoms with Crippen LogP contribution in [-0.4, -0.2) is 71.7 Å². The fourth-order valence-electron chi connectivity index (χ4n) is 8.31. The van der Waals surface area contributed by atoms with Crippen LogP contribution in [0.4, 0.5) is 13.2 Å². The minimum Gasteiger partial charge on any atom is -0.483 e. The Labute approximate surface area is 248 Å². The molecule has 1 N–H and O–H groups in total. The number of ether oxygens (including phenoxy) is 2. The molecule has 1 amide bonds. The third-order valence-electron chi connectivity index (χ3n) is 10.4. The molecule has 1 spiro atoms. The third kappa shape index (κ3) is 4.73. The van der Waals surface area contributed by atoms with Crippen molar-refractivity contribution >= 4 is 18.0 Å². The first kappa shape index (κ1) is 28.4. The first-order valence-corrected chi connectivity index (χ1v) is 15.1. The van der Waals surface area contributed by atoms with Gasteiger partial charge in [-0.05, 0) is 92.3 Å². The van der Waals surface area contributed by atoms with Gasteiger partial charge in [-0.15, -0.1) is 0 Å². The average Bonchev–Trinajstić information content (AvgIpc) is 3.75. The Morgan fingerprint density at radius 3 is 2.60 bits per heavy atom. The minimum atomic E-state index is -4.42. The van der Waals surface area contributed by atoms with E-state index in [2.05, 4.69) is 4.90 Å². The maximum Gasteiger partial charge on any atom is 0.416 e. The van der Waals surface area contributed by atoms with Crippen molar-refractivity contribution in [3.63, 3.8) is 0 Å². The highest BCUT2D eigenvalue weighted by Crippen LogP contribution is 2.64. The number of carbonyl (C=O) groups excluding carboxylic acids is 2. The fraction of sp³-hybridized carbons (Fsp3) is 0.515. The van der Waals surface area contributed by atoms with Gasteiger partial charge in [-0.3, -0.25) is 9.69 Å². The number of likely N-dealkylation sites (N-methyl/N-ethyl adjacent to an activating group) is 1. The molecule has 2 saturated carbocycles. The van der Waals surface area contributed by atoms with Crippen LogP contribution in [0, 0.1) is 11.8 Å². The molecule has 7 rings (SSSR count). The van der Waals surface area contributed by atoms with Crippen molar-refractivity contribution in [3.8, 4) is 11.5 Å². The number of aliphatic hydroxyl groups excluding tert-OH is 1. The number of hydrogen-bond donors (Lipinski definition) is 1. The molecule has 3 fully saturated rings. The van der Waals surface area contributed by atoms with E-state index in [1.54, 1.807) is 18.0 Å². The maximum atomic E-state index is 13.5. The van der Waals surface area contributed by atoms with Gasteiger partial charge < -0.3 is 19.5 Å². The Hall–Kier alpha value is -3.37. The molecule has 2 bridgehead atoms. The fourth-order valence-corrected chi connectivity index (χ4v) is 8.31. The number of amides is 1. The van der Waals surface area contributed by atoms with E-state index < -0.39 is 24.3 Å². The van der Waals surface area contributed by atoms with Crippen molar-refractivity contribution in [1.29, 1.82) is 0 Å². The monoisotopic (exact) mass is 596 g/mol. The Balaban J connectivity index is 1.19. The number of rotatable bonds is 7. The van der Waals surface area contributed by atoms with Crippen LogP contribution in [0.5, 0.6) is 11.5 Å². The number of aliphatic hydroxyl groups is 1. The lowest BCUT2D eigenvalue weighted by Gasteiger charge is -2.60. The van der Waals surface area contributed by atoms with Crippen LogP contribution in [-0.2, 0) is 27.6 Å². The van der Waals surface area contributed by atoms with Gasteiger partial charge in [-0.25, -0.2) is 4.79 Å². The van der Waals surface area contributed by atoms with E-state index in [4.69, 9.17) is 9.47 Å². The Kier molecular flexibility index (Phi) is 6.85. The number of nitrogens with zero attached hydrogens (tertiary/aromatic N) is 2. The minimum absolute atomic E-state index is 0.253. The van der Waals surface area contributed by atoms with Gasteiger partial charge in [0.25, 0.3) is 0 Å². The molecule has 43 heavy (non-hydrogen) atoms. The number of hydrogen-bond acceptors (Lipinski definition) is 6. The van der Waals surface area contributed by atoms with E-state index in [9.17, 15) is 27.9 Å². The normalized spacial score (nSPS) is 29.2. The molecular weight excluding hydrogens is 561 g/mol. The van der Waals surface area contributed by atoms with Crippen molar-refractivity contribution in [2.45, 2.75) is 68.3 Å². The zero-order valence-corrected chi connectivity index (χ0v) is 24.0. The second-order valence-corrected chi connectivity index (χ2v) is 12.8. The molecule has 1 saturated heterocycles. The molecule has 0 aromatic heterocycles. The van der Waals surface area contributed by atoms with Crippen LogP contribution >= 0.6 is 0 Å². The van der Waals surface area contributed by atoms with E-state index in [-0.39, 0.29) is 23.5 Å². The SMILES string of the molecule is CN(C(=O)/C=C/c1ccc(C(F)(F)F)cc1)C1CC[C@H]2[C@H]3Cc4ccc(OC(=O)CO)c5c4[C@@]2(CCN3CC2CC2)C1O5. The van der Waals surface area contributed by atoms with Crippen molar-refractivity contribution < 1.29 is 37.3 Å². The summed E-state index contributed by atoms with van der Waals surface area (Å²) in [6.07, 6.45) is 4.21. The lowest BCUT2D eigenvalue weighted by molar-refractivity contribution is -0.138. The number of benzene rings is 2. The summed E-state index contributed by atoms with van der Waals surface area (Å²) in [5.41, 5.74) is 1.72. The maximum absolute atomic E-state index is 13.5. The van der Waals surface area contributed by atoms with Gasteiger partial charge in [0.15, 0.2) is 11.5 Å². The molecule has 0 radical (unpaired) electrons. The standard InChI is InChI=1S/C33H35F3N2O5/c1-37(27(40)13-6-19-4-8-22(9-5-19)33(34,35)36)24-11-10-23-25-16-21-7-12-26(42-28(41)18-39)30-29(21)32(23,31(24)43-30)14-15-38(25)17-20-2-3-20/h4-9,12-13,20,23-25,31,39H,2-3,10-11,14-18H2,1H3/b13-6+/t23-,24?,25+,31?,32-/m0/s1. The molecule has 2 unspecified atom stereocenters. The van der Waals surface area contributed by atoms with Gasteiger partial charge >= 0.3 is 12.1 Å². The summed E-state index contributed by atoms with van der Waals surface area (Å²) in [4.78, 5) is 29.9. The Morgan fingerprint density at radius 2 is 1.91 bits per heavy atom. The molecule has 3 aliphatic carbocycles. The third-order valence-corrected chi connectivity index (χ3v) is 10.4. The first-order chi connectivity index (χ1) is 20.6. The van der Waals surface area contributed by atoms with E-state index in [0.29, 0.717) is 29.0 Å². The molecule has 5 aliphatic rings. The highest BCUT2D eigenvalue weighted by molar-refractivity contribution is 5.92. The van der Waals surface area contributed by atoms with E-state index in [1.165, 1.54) is 42.7 Å². The van der Waals surface area contributed by atoms with E-state index >= 15 is 0 Å². The summed E-state index contributed by atoms with van der Waals surface area (Å²) in [6, 6.07) is 8.62. The van der Waals surface area contributed by atoms with Gasteiger partial charge in [0.05, 0.1) is 11.6 Å². The first-order valence-electron chi connectivity index (χ1n) is 15.1. The van der Waals surface area contributed by atoms with Crippen LogP contribution < -0.4 is 9.47 Å². The molecule has 2 aliphatic heterocycles. The van der Waals surface area contributed by atoms with Crippen molar-refractivity contribution in [1.82, 2.24) is 9.80 Å². The quantitative estimate of drug-likeness (QED) is 0.286. The average molecular weight is 597 g/mol. The lowest BCUT2D eigenvalue weighted by atomic mass is 9.51. The van der Waals surface area contributed by atoms with E-state index in [0.717, 1.165) is 62.4 Å². The molecule has 10 heteroatoms. The van der Waals surface area contributed by atoms with Crippen LogP contribution in [0.3, 0.4) is 0 Å². The summed E-state index contributed by atoms with van der Waals surface area (Å²) in [5, 5.41) is 9.34. The number of piperidine rings is 1. The topological polar surface area (TPSA) is 79.3 Å². The second-order valence-electron chi connectivity index (χ2n) is 12.8. The van der Waals surface area contributed by atoms with Gasteiger partial charge in [0.2, 0.25) is 5.91 Å². The summed E-state index contributed by atoms with van der Waals surface area (Å²) in [5.74, 6) is 0.952. The highest BCUT2D eigenvalue weighted by Gasteiger charge is 2.66. The van der Waals surface area contributed by atoms with Crippen molar-refractivity contribution in [3.05, 3.63) is 64.7 Å². The predicted molar refractivity (Wildman–Crippen MR) is 151 cm³/mol. The zero-order valence-electron chi connectivity index (χ0n) is 24.0. The molecule has 228 valence electrons. The molecule has 2 aromatic rings. The molecule has 7 nitrogen and oxygen atoms in total. The number of alkyl halides is 3. The molecular formula is C33H35F3N2O5. The van der Waals surface area contributed by atoms with E-state index in [1.807, 2.05) is 6.07 Å². The largest absolute Gasteiger partial charge is 0.483 e. The van der Waals surface area contributed by atoms with Gasteiger partial charge in [-0.2, -0.15) is 13.2 Å². The number of likely N-dealkylation sites (tertiary alicyclic amines) is 1. The highest BCUT2D eigenvalue weighted by atomic mass is 19.4. The summed E-state index contributed by atoms with van der Waals surface area (Å²) >= 11 is 0. The van der Waals surface area contributed by atoms with Crippen LogP contribution in [0.25, 0.3) is 6.08 Å².